The van der Waals surface area contributed by atoms with E-state index in [1.54, 1.807) is 0 Å². The molecular formula is C17H38N2. The van der Waals surface area contributed by atoms with Crippen LogP contribution in [-0.2, 0) is 0 Å². The van der Waals surface area contributed by atoms with E-state index in [0.29, 0.717) is 16.9 Å². The molecule has 0 aliphatic heterocycles. The number of hydrogen-bond donors (Lipinski definition) is 1. The topological polar surface area (TPSA) is 15.3 Å². The Bertz CT molecular complexity index is 232. The Labute approximate surface area is 122 Å². The third kappa shape index (κ3) is 7.31. The third-order valence-electron chi connectivity index (χ3n) is 4.38. The molecule has 2 unspecified atom stereocenters. The van der Waals surface area contributed by atoms with Gasteiger partial charge in [-0.25, -0.2) is 0 Å². The molecule has 0 aliphatic carbocycles. The van der Waals surface area contributed by atoms with E-state index < -0.39 is 0 Å². The third-order valence-corrected chi connectivity index (χ3v) is 4.38. The predicted molar refractivity (Wildman–Crippen MR) is 87.7 cm³/mol. The maximum Gasteiger partial charge on any atom is 0.0113 e. The normalized spacial score (nSPS) is 17.5. The van der Waals surface area contributed by atoms with Gasteiger partial charge in [0.05, 0.1) is 0 Å². The molecule has 2 nitrogen and oxygen atoms in total. The lowest BCUT2D eigenvalue weighted by Gasteiger charge is -2.41. The van der Waals surface area contributed by atoms with Crippen LogP contribution in [0.25, 0.3) is 0 Å². The lowest BCUT2D eigenvalue weighted by molar-refractivity contribution is 0.0857. The second kappa shape index (κ2) is 8.26. The van der Waals surface area contributed by atoms with Crippen LogP contribution >= 0.6 is 0 Å². The molecule has 0 heterocycles. The van der Waals surface area contributed by atoms with Gasteiger partial charge in [-0.05, 0) is 44.2 Å². The summed E-state index contributed by atoms with van der Waals surface area (Å²) in [6.07, 6.45) is 3.78. The van der Waals surface area contributed by atoms with Gasteiger partial charge in [0.1, 0.15) is 0 Å². The highest BCUT2D eigenvalue weighted by molar-refractivity contribution is 4.85. The standard InChI is InChI=1S/C17H38N2/c1-9-11-17(7,13-18-12-10-2)14-19(8)15(3)16(4,5)6/h15,18H,9-14H2,1-8H3. The van der Waals surface area contributed by atoms with Crippen molar-refractivity contribution in [2.24, 2.45) is 10.8 Å². The van der Waals surface area contributed by atoms with Crippen LogP contribution in [0.15, 0.2) is 0 Å². The Kier molecular flexibility index (Phi) is 8.23. The average molecular weight is 271 g/mol. The van der Waals surface area contributed by atoms with Crippen molar-refractivity contribution in [1.29, 1.82) is 0 Å². The second-order valence-corrected chi connectivity index (χ2v) is 7.69. The van der Waals surface area contributed by atoms with Gasteiger partial charge < -0.3 is 10.2 Å². The second-order valence-electron chi connectivity index (χ2n) is 7.69. The van der Waals surface area contributed by atoms with Gasteiger partial charge in [0.15, 0.2) is 0 Å². The summed E-state index contributed by atoms with van der Waals surface area (Å²) in [5.41, 5.74) is 0.733. The summed E-state index contributed by atoms with van der Waals surface area (Å²) in [4.78, 5) is 2.54. The summed E-state index contributed by atoms with van der Waals surface area (Å²) < 4.78 is 0. The van der Waals surface area contributed by atoms with Gasteiger partial charge >= 0.3 is 0 Å². The van der Waals surface area contributed by atoms with Crippen LogP contribution in [0.3, 0.4) is 0 Å². The van der Waals surface area contributed by atoms with Crippen LogP contribution in [0.4, 0.5) is 0 Å². The maximum absolute atomic E-state index is 3.62. The molecule has 2 atom stereocenters. The van der Waals surface area contributed by atoms with Crippen molar-refractivity contribution in [1.82, 2.24) is 10.2 Å². The minimum Gasteiger partial charge on any atom is -0.316 e. The molecule has 0 radical (unpaired) electrons. The number of rotatable bonds is 9. The number of hydrogen-bond acceptors (Lipinski definition) is 2. The Morgan fingerprint density at radius 3 is 2.05 bits per heavy atom. The molecular weight excluding hydrogens is 232 g/mol. The molecule has 1 N–H and O–H groups in total. The zero-order valence-corrected chi connectivity index (χ0v) is 14.8. The molecule has 116 valence electrons. The molecule has 0 amide bonds. The van der Waals surface area contributed by atoms with Gasteiger partial charge in [-0.3, -0.25) is 0 Å². The summed E-state index contributed by atoms with van der Waals surface area (Å²) in [6.45, 7) is 19.8. The largest absolute Gasteiger partial charge is 0.316 e. The van der Waals surface area contributed by atoms with Crippen LogP contribution < -0.4 is 5.32 Å². The summed E-state index contributed by atoms with van der Waals surface area (Å²) >= 11 is 0. The van der Waals surface area contributed by atoms with Gasteiger partial charge in [-0.2, -0.15) is 0 Å². The zero-order valence-electron chi connectivity index (χ0n) is 14.8. The highest BCUT2D eigenvalue weighted by Gasteiger charge is 2.30. The van der Waals surface area contributed by atoms with E-state index in [1.165, 1.54) is 25.8 Å². The van der Waals surface area contributed by atoms with Crippen LogP contribution in [0.1, 0.15) is 67.7 Å². The smallest absolute Gasteiger partial charge is 0.0113 e. The fraction of sp³-hybridized carbons (Fsp3) is 1.00. The first kappa shape index (κ1) is 18.9. The van der Waals surface area contributed by atoms with Crippen molar-refractivity contribution in [3.8, 4) is 0 Å². The molecule has 0 bridgehead atoms. The molecule has 0 fully saturated rings. The predicted octanol–water partition coefficient (Wildman–Crippen LogP) is 4.16. The van der Waals surface area contributed by atoms with Crippen molar-refractivity contribution in [2.45, 2.75) is 73.8 Å². The van der Waals surface area contributed by atoms with E-state index in [1.807, 2.05) is 0 Å². The minimum atomic E-state index is 0.346. The van der Waals surface area contributed by atoms with Gasteiger partial charge in [-0.1, -0.05) is 48.0 Å². The van der Waals surface area contributed by atoms with Crippen LogP contribution in [0, 0.1) is 10.8 Å². The van der Waals surface area contributed by atoms with Gasteiger partial charge in [0, 0.05) is 19.1 Å². The van der Waals surface area contributed by atoms with E-state index in [-0.39, 0.29) is 0 Å². The van der Waals surface area contributed by atoms with Crippen molar-refractivity contribution in [2.75, 3.05) is 26.7 Å². The minimum absolute atomic E-state index is 0.346. The summed E-state index contributed by atoms with van der Waals surface area (Å²) in [5, 5.41) is 3.62. The zero-order chi connectivity index (χ0) is 15.1. The maximum atomic E-state index is 3.62. The van der Waals surface area contributed by atoms with Crippen molar-refractivity contribution < 1.29 is 0 Å². The molecule has 0 aromatic rings. The van der Waals surface area contributed by atoms with Gasteiger partial charge in [0.25, 0.3) is 0 Å². The Balaban J connectivity index is 4.54. The Morgan fingerprint density at radius 1 is 1.05 bits per heavy atom. The average Bonchev–Trinajstić information content (AvgIpc) is 2.27. The first-order valence-corrected chi connectivity index (χ1v) is 8.07. The molecule has 0 spiro atoms. The lowest BCUT2D eigenvalue weighted by Crippen LogP contribution is -2.47. The Hall–Kier alpha value is -0.0800. The monoisotopic (exact) mass is 270 g/mol. The molecule has 0 aromatic heterocycles. The first-order valence-electron chi connectivity index (χ1n) is 8.07. The van der Waals surface area contributed by atoms with E-state index in [4.69, 9.17) is 0 Å². The highest BCUT2D eigenvalue weighted by Crippen LogP contribution is 2.29. The van der Waals surface area contributed by atoms with Gasteiger partial charge in [0.2, 0.25) is 0 Å². The lowest BCUT2D eigenvalue weighted by atomic mass is 9.82. The molecule has 2 heteroatoms. The molecule has 0 aliphatic rings. The fourth-order valence-electron chi connectivity index (χ4n) is 2.79. The molecule has 19 heavy (non-hydrogen) atoms. The summed E-state index contributed by atoms with van der Waals surface area (Å²) in [6, 6.07) is 0.606. The number of nitrogens with zero attached hydrogens (tertiary/aromatic N) is 1. The van der Waals surface area contributed by atoms with Crippen LogP contribution in [0.5, 0.6) is 0 Å². The quantitative estimate of drug-likeness (QED) is 0.633. The molecule has 0 saturated carbocycles. The highest BCUT2D eigenvalue weighted by atomic mass is 15.1. The van der Waals surface area contributed by atoms with Crippen LogP contribution in [-0.4, -0.2) is 37.6 Å². The first-order chi connectivity index (χ1) is 8.66. The van der Waals surface area contributed by atoms with E-state index in [2.05, 4.69) is 65.7 Å². The van der Waals surface area contributed by atoms with E-state index in [9.17, 15) is 0 Å². The molecule has 0 aromatic carbocycles. The summed E-state index contributed by atoms with van der Waals surface area (Å²) in [5.74, 6) is 0. The van der Waals surface area contributed by atoms with Crippen molar-refractivity contribution in [3.63, 3.8) is 0 Å². The molecule has 0 saturated heterocycles. The van der Waals surface area contributed by atoms with E-state index in [0.717, 1.165) is 13.1 Å². The Morgan fingerprint density at radius 2 is 1.63 bits per heavy atom. The van der Waals surface area contributed by atoms with Gasteiger partial charge in [-0.15, -0.1) is 0 Å². The van der Waals surface area contributed by atoms with Crippen LogP contribution in [0.2, 0.25) is 0 Å². The number of nitrogens with one attached hydrogen (secondary N) is 1. The van der Waals surface area contributed by atoms with Crippen molar-refractivity contribution >= 4 is 0 Å². The fourth-order valence-corrected chi connectivity index (χ4v) is 2.79. The van der Waals surface area contributed by atoms with Crippen molar-refractivity contribution in [3.05, 3.63) is 0 Å². The van der Waals surface area contributed by atoms with E-state index >= 15 is 0 Å². The summed E-state index contributed by atoms with van der Waals surface area (Å²) in [7, 11) is 2.28. The SMILES string of the molecule is CCCNCC(C)(CCC)CN(C)C(C)C(C)(C)C. The molecule has 0 rings (SSSR count).